The normalized spacial score (nSPS) is 13.1. The molecule has 0 unspecified atom stereocenters. The summed E-state index contributed by atoms with van der Waals surface area (Å²) in [5.41, 5.74) is 12.3. The SMILES string of the molecule is Nc1cnc2nc(-c3cc(CC(=O)c4ccco4)ccc3Cl)[nH]c2c1.O=C(Cc1ccc(Cl)c(-c2nc3ncc(NC(=O)N4CCCC4)cc3[nH]2)c1)c1ccco1.O=C(Cl)N1CCCC1.[I-]. The van der Waals surface area contributed by atoms with Crippen molar-refractivity contribution in [1.29, 1.82) is 0 Å². The van der Waals surface area contributed by atoms with Crippen molar-refractivity contribution in [2.75, 3.05) is 37.2 Å². The van der Waals surface area contributed by atoms with Crippen LogP contribution < -0.4 is 35.0 Å². The fourth-order valence-corrected chi connectivity index (χ4v) is 7.89. The van der Waals surface area contributed by atoms with Crippen LogP contribution in [0.5, 0.6) is 0 Å². The van der Waals surface area contributed by atoms with Gasteiger partial charge in [0, 0.05) is 50.1 Å². The van der Waals surface area contributed by atoms with Crippen LogP contribution in [0.2, 0.25) is 10.0 Å². The number of halogens is 4. The van der Waals surface area contributed by atoms with E-state index < -0.39 is 0 Å². The summed E-state index contributed by atoms with van der Waals surface area (Å²) >= 11 is 17.9. The van der Waals surface area contributed by atoms with Gasteiger partial charge in [-0.05, 0) is 109 Å². The van der Waals surface area contributed by atoms with Crippen LogP contribution in [0.4, 0.5) is 21.0 Å². The molecule has 6 aromatic heterocycles. The second-order valence-corrected chi connectivity index (χ2v) is 16.4. The topological polar surface area (TPSA) is 222 Å². The van der Waals surface area contributed by atoms with E-state index in [1.807, 2.05) is 18.2 Å². The van der Waals surface area contributed by atoms with Gasteiger partial charge in [0.15, 0.2) is 22.8 Å². The number of likely N-dealkylation sites (tertiary alicyclic amines) is 2. The third-order valence-corrected chi connectivity index (χ3v) is 11.5. The molecule has 2 saturated heterocycles. The lowest BCUT2D eigenvalue weighted by atomic mass is 10.0. The summed E-state index contributed by atoms with van der Waals surface area (Å²) in [5, 5.41) is 3.61. The smallest absolute Gasteiger partial charge is 0.321 e. The van der Waals surface area contributed by atoms with Crippen molar-refractivity contribution in [3.8, 4) is 22.8 Å². The van der Waals surface area contributed by atoms with E-state index in [2.05, 4.69) is 35.2 Å². The monoisotopic (exact) mass is 1060 g/mol. The number of urea groups is 1. The van der Waals surface area contributed by atoms with Crippen LogP contribution in [-0.2, 0) is 12.8 Å². The van der Waals surface area contributed by atoms with Crippen molar-refractivity contribution in [3.63, 3.8) is 0 Å². The number of imidazole rings is 2. The molecule has 16 nitrogen and oxygen atoms in total. The van der Waals surface area contributed by atoms with Crippen molar-refractivity contribution in [2.45, 2.75) is 38.5 Å². The molecule has 0 radical (unpaired) electrons. The Kier molecular flexibility index (Phi) is 15.8. The zero-order chi connectivity index (χ0) is 45.5. The average Bonchev–Trinajstić information content (AvgIpc) is 4.16. The van der Waals surface area contributed by atoms with Gasteiger partial charge in [-0.25, -0.2) is 24.7 Å². The molecule has 8 heterocycles. The number of carbonyl (C=O) groups is 4. The molecule has 5 N–H and O–H groups in total. The number of ketones is 2. The number of rotatable bonds is 9. The number of Topliss-reactive ketones (excluding diaryl/α,β-unsaturated/α-hetero) is 2. The van der Waals surface area contributed by atoms with E-state index >= 15 is 0 Å². The van der Waals surface area contributed by atoms with Gasteiger partial charge in [0.2, 0.25) is 11.6 Å². The molecule has 0 bridgehead atoms. The Hall–Kier alpha value is -6.28. The van der Waals surface area contributed by atoms with Crippen LogP contribution >= 0.6 is 34.8 Å². The largest absolute Gasteiger partial charge is 1.00 e. The first-order valence-corrected chi connectivity index (χ1v) is 21.8. The minimum absolute atomic E-state index is 0. The Morgan fingerprint density at radius 3 is 1.62 bits per heavy atom. The van der Waals surface area contributed by atoms with E-state index in [0.29, 0.717) is 72.5 Å². The summed E-state index contributed by atoms with van der Waals surface area (Å²) in [6, 6.07) is 20.9. The fraction of sp³-hybridized carbons (Fsp3) is 0.217. The molecular formula is C46H41Cl3IN10O6-. The Morgan fingerprint density at radius 1 is 0.667 bits per heavy atom. The molecule has 2 aromatic carbocycles. The summed E-state index contributed by atoms with van der Waals surface area (Å²) in [4.78, 5) is 74.6. The van der Waals surface area contributed by atoms with Gasteiger partial charge in [0.25, 0.3) is 0 Å². The first kappa shape index (κ1) is 47.7. The van der Waals surface area contributed by atoms with Crippen LogP contribution in [0.3, 0.4) is 0 Å². The molecule has 0 atom stereocenters. The van der Waals surface area contributed by atoms with Gasteiger partial charge in [0.1, 0.15) is 11.6 Å². The fourth-order valence-electron chi connectivity index (χ4n) is 7.30. The molecule has 20 heteroatoms. The van der Waals surface area contributed by atoms with E-state index in [4.69, 9.17) is 49.4 Å². The summed E-state index contributed by atoms with van der Waals surface area (Å²) in [6.07, 6.45) is 10.8. The predicted molar refractivity (Wildman–Crippen MR) is 248 cm³/mol. The molecule has 2 aliphatic heterocycles. The Labute approximate surface area is 409 Å². The molecule has 3 amide bonds. The maximum Gasteiger partial charge on any atom is 0.321 e. The maximum atomic E-state index is 12.4. The number of aromatic amines is 2. The number of hydrogen-bond acceptors (Lipinski definition) is 11. The van der Waals surface area contributed by atoms with Crippen molar-refractivity contribution in [2.24, 2.45) is 0 Å². The quantitative estimate of drug-likeness (QED) is 0.0488. The van der Waals surface area contributed by atoms with E-state index in [1.54, 1.807) is 76.8 Å². The molecule has 2 fully saturated rings. The summed E-state index contributed by atoms with van der Waals surface area (Å²) < 4.78 is 10.3. The zero-order valence-electron chi connectivity index (χ0n) is 35.0. The summed E-state index contributed by atoms with van der Waals surface area (Å²) in [6.45, 7) is 3.24. The second-order valence-electron chi connectivity index (χ2n) is 15.3. The number of amides is 3. The molecule has 0 spiro atoms. The van der Waals surface area contributed by atoms with E-state index in [0.717, 1.165) is 68.5 Å². The highest BCUT2D eigenvalue weighted by molar-refractivity contribution is 6.62. The van der Waals surface area contributed by atoms with Crippen molar-refractivity contribution < 1.29 is 52.0 Å². The van der Waals surface area contributed by atoms with Gasteiger partial charge < -0.3 is 63.6 Å². The Bertz CT molecular complexity index is 2980. The second kappa shape index (κ2) is 21.8. The number of hydrogen-bond donors (Lipinski definition) is 4. The number of carbonyl (C=O) groups excluding carboxylic acids is 4. The van der Waals surface area contributed by atoms with Crippen molar-refractivity contribution >= 4 is 91.5 Å². The average molecular weight is 1060 g/mol. The maximum absolute atomic E-state index is 12.4. The minimum atomic E-state index is -0.303. The number of furan rings is 2. The molecule has 0 aliphatic carbocycles. The Morgan fingerprint density at radius 2 is 1.15 bits per heavy atom. The first-order chi connectivity index (χ1) is 31.5. The number of fused-ring (bicyclic) bond motifs is 2. The molecule has 0 saturated carbocycles. The van der Waals surface area contributed by atoms with Crippen LogP contribution in [0, 0.1) is 0 Å². The Balaban J connectivity index is 0.000000169. The van der Waals surface area contributed by atoms with E-state index in [1.165, 1.54) is 12.5 Å². The van der Waals surface area contributed by atoms with Gasteiger partial charge in [-0.3, -0.25) is 14.4 Å². The van der Waals surface area contributed by atoms with Gasteiger partial charge in [-0.2, -0.15) is 0 Å². The number of anilines is 2. The van der Waals surface area contributed by atoms with Crippen LogP contribution in [0.15, 0.2) is 107 Å². The number of nitrogens with one attached hydrogen (secondary N) is 3. The predicted octanol–water partition coefficient (Wildman–Crippen LogP) is 7.25. The van der Waals surface area contributed by atoms with Crippen LogP contribution in [0.25, 0.3) is 45.1 Å². The molecule has 2 aliphatic rings. The van der Waals surface area contributed by atoms with Gasteiger partial charge >= 0.3 is 11.4 Å². The molecule has 66 heavy (non-hydrogen) atoms. The molecule has 8 aromatic rings. The molecular weight excluding hydrogens is 1020 g/mol. The number of nitrogens with two attached hydrogens (primary N) is 1. The summed E-state index contributed by atoms with van der Waals surface area (Å²) in [5.74, 6) is 1.54. The molecule has 10 rings (SSSR count). The lowest BCUT2D eigenvalue weighted by Crippen LogP contribution is -3.00. The van der Waals surface area contributed by atoms with Gasteiger partial charge in [0.05, 0.1) is 57.4 Å². The number of benzene rings is 2. The van der Waals surface area contributed by atoms with Crippen LogP contribution in [-0.4, -0.2) is 88.8 Å². The van der Waals surface area contributed by atoms with Crippen LogP contribution in [0.1, 0.15) is 57.9 Å². The summed E-state index contributed by atoms with van der Waals surface area (Å²) in [7, 11) is 0. The zero-order valence-corrected chi connectivity index (χ0v) is 39.5. The number of H-pyrrole nitrogens is 2. The molecule has 340 valence electrons. The number of nitrogens with zero attached hydrogens (tertiary/aromatic N) is 6. The van der Waals surface area contributed by atoms with Crippen molar-refractivity contribution in [1.82, 2.24) is 39.7 Å². The highest BCUT2D eigenvalue weighted by Gasteiger charge is 2.20. The third kappa shape index (κ3) is 11.7. The standard InChI is InChI=1S/C23H20ClN5O3.C18H13ClN4O2.C5H8ClNO.HI/c24-17-6-5-14(11-19(30)20-4-3-9-32-20)10-16(17)21-27-18-12-15(13-25-22(18)28-21)26-23(31)29-7-1-2-8-29;19-13-4-3-10(7-15(24)16-2-1-5-25-16)6-12(13)17-22-14-8-11(20)9-21-18(14)23-17;6-5(8)7-3-1-2-4-7;/h3-6,9-10,12-13H,1-2,7-8,11H2,(H,26,31)(H,25,27,28);1-6,8-9H,7,20H2,(H,21,22,23);1-4H2;1H/p-1. The first-order valence-electron chi connectivity index (χ1n) is 20.7. The highest BCUT2D eigenvalue weighted by Crippen LogP contribution is 2.31. The lowest BCUT2D eigenvalue weighted by Gasteiger charge is -2.15. The van der Waals surface area contributed by atoms with Gasteiger partial charge in [-0.1, -0.05) is 35.3 Å². The van der Waals surface area contributed by atoms with E-state index in [-0.39, 0.29) is 59.8 Å². The number of pyridine rings is 2. The van der Waals surface area contributed by atoms with Crippen molar-refractivity contribution in [3.05, 3.63) is 130 Å². The van der Waals surface area contributed by atoms with Gasteiger partial charge in [-0.15, -0.1) is 0 Å². The van der Waals surface area contributed by atoms with E-state index in [9.17, 15) is 19.2 Å². The highest BCUT2D eigenvalue weighted by atomic mass is 127. The minimum Gasteiger partial charge on any atom is -1.00 e. The lowest BCUT2D eigenvalue weighted by molar-refractivity contribution is -0.0000348. The number of nitrogen functional groups attached to an aromatic ring is 1. The third-order valence-electron chi connectivity index (χ3n) is 10.6. The number of aromatic nitrogens is 6.